The molecule has 6 rings (SSSR count). The number of nitrogens with one attached hydrogen (secondary N) is 1. The first kappa shape index (κ1) is 37.1. The fourth-order valence-corrected chi connectivity index (χ4v) is 14.5. The van der Waals surface area contributed by atoms with E-state index in [0.717, 1.165) is 38.5 Å². The molecule has 0 aromatic carbocycles. The van der Waals surface area contributed by atoms with Crippen LogP contribution < -0.4 is 5.32 Å². The minimum Gasteiger partial charge on any atom is -0.481 e. The van der Waals surface area contributed by atoms with Crippen molar-refractivity contribution in [3.05, 3.63) is 0 Å². The van der Waals surface area contributed by atoms with Crippen LogP contribution in [-0.4, -0.2) is 67.2 Å². The van der Waals surface area contributed by atoms with Crippen LogP contribution in [0.1, 0.15) is 138 Å². The van der Waals surface area contributed by atoms with Gasteiger partial charge in [-0.2, -0.15) is 0 Å². The number of nitrogens with zero attached hydrogens (tertiary/aromatic N) is 1. The van der Waals surface area contributed by atoms with Crippen molar-refractivity contribution in [1.82, 2.24) is 9.62 Å². The van der Waals surface area contributed by atoms with E-state index in [2.05, 4.69) is 39.9 Å². The van der Waals surface area contributed by atoms with E-state index in [4.69, 9.17) is 4.74 Å². The third-order valence-corrected chi connectivity index (χ3v) is 17.7. The maximum absolute atomic E-state index is 13.6. The quantitative estimate of drug-likeness (QED) is 0.266. The maximum Gasteiger partial charge on any atom is 0.309 e. The van der Waals surface area contributed by atoms with Crippen LogP contribution in [0.25, 0.3) is 0 Å². The molecule has 0 radical (unpaired) electrons. The third-order valence-electron chi connectivity index (χ3n) is 16.4. The van der Waals surface area contributed by atoms with E-state index in [0.29, 0.717) is 49.6 Å². The average Bonchev–Trinajstić information content (AvgIpc) is 3.62. The zero-order valence-electron chi connectivity index (χ0n) is 31.5. The number of ether oxygens (including phenoxy) is 1. The molecular weight excluding hydrogens is 641 g/mol. The van der Waals surface area contributed by atoms with E-state index < -0.39 is 27.4 Å². The number of amides is 1. The molecule has 49 heavy (non-hydrogen) atoms. The zero-order chi connectivity index (χ0) is 36.0. The fourth-order valence-electron chi connectivity index (χ4n) is 13.6. The molecule has 2 N–H and O–H groups in total. The lowest BCUT2D eigenvalue weighted by Crippen LogP contribution is -2.66. The van der Waals surface area contributed by atoms with Crippen LogP contribution in [-0.2, 0) is 29.1 Å². The van der Waals surface area contributed by atoms with E-state index in [1.165, 1.54) is 42.7 Å². The number of carboxylic acid groups (broad SMARTS) is 1. The summed E-state index contributed by atoms with van der Waals surface area (Å²) in [6, 6.07) is -0.0999. The summed E-state index contributed by atoms with van der Waals surface area (Å²) in [6.45, 7) is 16.4. The molecule has 1 aliphatic heterocycles. The van der Waals surface area contributed by atoms with Gasteiger partial charge in [0.25, 0.3) is 0 Å². The molecule has 1 heterocycles. The van der Waals surface area contributed by atoms with Crippen molar-refractivity contribution in [2.45, 2.75) is 151 Å². The van der Waals surface area contributed by atoms with Gasteiger partial charge in [-0.25, -0.2) is 12.7 Å². The highest BCUT2D eigenvalue weighted by atomic mass is 32.2. The fraction of sp³-hybridized carbons (Fsp3) is 0.923. The van der Waals surface area contributed by atoms with Gasteiger partial charge in [-0.05, 0) is 130 Å². The van der Waals surface area contributed by atoms with Crippen LogP contribution >= 0.6 is 0 Å². The lowest BCUT2D eigenvalue weighted by Gasteiger charge is -2.72. The van der Waals surface area contributed by atoms with E-state index in [9.17, 15) is 27.9 Å². The number of sulfonamides is 1. The van der Waals surface area contributed by atoms with Gasteiger partial charge in [0.15, 0.2) is 0 Å². The second-order valence-electron chi connectivity index (χ2n) is 19.6. The second-order valence-corrected chi connectivity index (χ2v) is 21.6. The molecule has 6 aliphatic rings. The van der Waals surface area contributed by atoms with E-state index >= 15 is 0 Å². The molecule has 6 fully saturated rings. The lowest BCUT2D eigenvalue weighted by molar-refractivity contribution is -0.248. The Morgan fingerprint density at radius 1 is 0.857 bits per heavy atom. The number of carbonyl (C=O) groups is 3. The van der Waals surface area contributed by atoms with Crippen molar-refractivity contribution in [3.63, 3.8) is 0 Å². The summed E-state index contributed by atoms with van der Waals surface area (Å²) < 4.78 is 31.7. The van der Waals surface area contributed by atoms with Crippen molar-refractivity contribution in [3.8, 4) is 0 Å². The molecular formula is C39H64N2O7S. The Morgan fingerprint density at radius 2 is 1.57 bits per heavy atom. The standard InChI is InChI=1S/C39H64N2O7S/c1-34(2,33(44)45)23-32(43)48-30-14-17-36(5)28(35(30,3)4)13-18-38(7)29(36)12-11-26-27-10-9-16-39(27,20-19-37(26,38)6)22-31(42)40-25-15-21-41(24-25)49(8,46)47/h25-30H,9-24H2,1-8H3,(H,40,42)(H,44,45)/t25-,26+,27+,28?,29?,30-,36-,37+,38+,39+/m0/s1. The molecule has 10 atom stereocenters. The van der Waals surface area contributed by atoms with E-state index in [1.54, 1.807) is 13.8 Å². The lowest BCUT2D eigenvalue weighted by atomic mass is 9.32. The largest absolute Gasteiger partial charge is 0.481 e. The normalized spacial score (nSPS) is 43.4. The highest BCUT2D eigenvalue weighted by Crippen LogP contribution is 2.77. The first-order chi connectivity index (χ1) is 22.6. The Morgan fingerprint density at radius 3 is 2.22 bits per heavy atom. The molecule has 1 saturated heterocycles. The van der Waals surface area contributed by atoms with Gasteiger partial charge in [-0.3, -0.25) is 14.4 Å². The van der Waals surface area contributed by atoms with Gasteiger partial charge in [0, 0.05) is 31.0 Å². The first-order valence-electron chi connectivity index (χ1n) is 19.3. The summed E-state index contributed by atoms with van der Waals surface area (Å²) in [5.41, 5.74) is -0.763. The minimum absolute atomic E-state index is 0.0484. The topological polar surface area (TPSA) is 130 Å². The molecule has 2 unspecified atom stereocenters. The highest BCUT2D eigenvalue weighted by Gasteiger charge is 2.70. The maximum atomic E-state index is 13.6. The van der Waals surface area contributed by atoms with E-state index in [-0.39, 0.29) is 51.5 Å². The van der Waals surface area contributed by atoms with Gasteiger partial charge >= 0.3 is 11.9 Å². The van der Waals surface area contributed by atoms with Crippen molar-refractivity contribution in [2.24, 2.45) is 56.2 Å². The second kappa shape index (κ2) is 12.2. The smallest absolute Gasteiger partial charge is 0.309 e. The predicted octanol–water partition coefficient (Wildman–Crippen LogP) is 6.79. The third kappa shape index (κ3) is 5.98. The average molecular weight is 705 g/mol. The Balaban J connectivity index is 1.16. The van der Waals surface area contributed by atoms with E-state index in [1.807, 2.05) is 0 Å². The molecule has 0 aromatic heterocycles. The molecule has 10 heteroatoms. The SMILES string of the molecule is CC(C)(CC(=O)O[C@H]1CC[C@@]2(C)C(CC[C@]3(C)C2CC[C@@H]2[C@H]4CCC[C@]4(CC(=O)N[C@H]4CCN(S(C)(=O)=O)C4)CC[C@]23C)C1(C)C)C(=O)O. The predicted molar refractivity (Wildman–Crippen MR) is 189 cm³/mol. The number of rotatable bonds is 8. The van der Waals surface area contributed by atoms with Gasteiger partial charge < -0.3 is 15.2 Å². The van der Waals surface area contributed by atoms with Gasteiger partial charge in [-0.1, -0.05) is 41.0 Å². The first-order valence-corrected chi connectivity index (χ1v) is 21.1. The molecule has 5 saturated carbocycles. The Labute approximate surface area is 295 Å². The van der Waals surface area contributed by atoms with Gasteiger partial charge in [-0.15, -0.1) is 0 Å². The highest BCUT2D eigenvalue weighted by molar-refractivity contribution is 7.88. The zero-order valence-corrected chi connectivity index (χ0v) is 32.3. The summed E-state index contributed by atoms with van der Waals surface area (Å²) in [6.07, 6.45) is 14.5. The van der Waals surface area contributed by atoms with Crippen LogP contribution in [0.4, 0.5) is 0 Å². The number of hydrogen-bond donors (Lipinski definition) is 2. The summed E-state index contributed by atoms with van der Waals surface area (Å²) in [5, 5.41) is 12.8. The Bertz CT molecular complexity index is 1460. The van der Waals surface area contributed by atoms with Crippen molar-refractivity contribution < 1.29 is 32.6 Å². The summed E-state index contributed by atoms with van der Waals surface area (Å²) in [7, 11) is -3.24. The molecule has 0 spiro atoms. The van der Waals surface area contributed by atoms with Crippen molar-refractivity contribution in [1.29, 1.82) is 0 Å². The molecule has 278 valence electrons. The Hall–Kier alpha value is -1.68. The molecule has 0 aromatic rings. The van der Waals surface area contributed by atoms with Crippen LogP contribution in [0.3, 0.4) is 0 Å². The number of aliphatic carboxylic acids is 1. The summed E-state index contributed by atoms with van der Waals surface area (Å²) >= 11 is 0. The number of carbonyl (C=O) groups excluding carboxylic acids is 2. The van der Waals surface area contributed by atoms with Gasteiger partial charge in [0.1, 0.15) is 6.10 Å². The van der Waals surface area contributed by atoms with Crippen LogP contribution in [0.2, 0.25) is 0 Å². The molecule has 1 amide bonds. The summed E-state index contributed by atoms with van der Waals surface area (Å²) in [5.74, 6) is 0.880. The molecule has 5 aliphatic carbocycles. The van der Waals surface area contributed by atoms with Crippen LogP contribution in [0.15, 0.2) is 0 Å². The number of esters is 1. The van der Waals surface area contributed by atoms with Gasteiger partial charge in [0.2, 0.25) is 15.9 Å². The minimum atomic E-state index is -3.24. The summed E-state index contributed by atoms with van der Waals surface area (Å²) in [4.78, 5) is 38.3. The van der Waals surface area contributed by atoms with Crippen LogP contribution in [0.5, 0.6) is 0 Å². The monoisotopic (exact) mass is 704 g/mol. The number of carboxylic acids is 1. The van der Waals surface area contributed by atoms with Crippen LogP contribution in [0, 0.1) is 56.2 Å². The van der Waals surface area contributed by atoms with Crippen molar-refractivity contribution in [2.75, 3.05) is 19.3 Å². The van der Waals surface area contributed by atoms with Crippen molar-refractivity contribution >= 4 is 27.9 Å². The number of fused-ring (bicyclic) bond motifs is 7. The Kier molecular flexibility index (Phi) is 9.23. The molecule has 9 nitrogen and oxygen atoms in total. The molecule has 0 bridgehead atoms. The van der Waals surface area contributed by atoms with Gasteiger partial charge in [0.05, 0.1) is 18.1 Å². The number of hydrogen-bond acceptors (Lipinski definition) is 6.